The lowest BCUT2D eigenvalue weighted by Gasteiger charge is -2.19. The third kappa shape index (κ3) is 5.39. The Labute approximate surface area is 143 Å². The monoisotopic (exact) mass is 326 g/mol. The first-order valence-corrected chi connectivity index (χ1v) is 8.49. The van der Waals surface area contributed by atoms with E-state index in [1.807, 2.05) is 43.3 Å². The fraction of sp³-hybridized carbons (Fsp3) is 0.350. The number of rotatable bonds is 8. The van der Waals surface area contributed by atoms with Gasteiger partial charge in [0.25, 0.3) is 0 Å². The molecule has 128 valence electrons. The Morgan fingerprint density at radius 3 is 2.00 bits per heavy atom. The molecule has 2 amide bonds. The fourth-order valence-corrected chi connectivity index (χ4v) is 2.74. The molecule has 1 unspecified atom stereocenters. The van der Waals surface area contributed by atoms with E-state index in [1.54, 1.807) is 0 Å². The largest absolute Gasteiger partial charge is 0.394 e. The van der Waals surface area contributed by atoms with Gasteiger partial charge in [-0.1, -0.05) is 67.6 Å². The SMILES string of the molecule is CCC(CO)NC(=O)NCCC(c1ccccc1)c1ccccc1. The van der Waals surface area contributed by atoms with Gasteiger partial charge in [0.15, 0.2) is 0 Å². The number of aliphatic hydroxyl groups is 1. The molecule has 0 heterocycles. The summed E-state index contributed by atoms with van der Waals surface area (Å²) in [5.41, 5.74) is 2.49. The summed E-state index contributed by atoms with van der Waals surface area (Å²) in [5.74, 6) is 0.243. The first kappa shape index (κ1) is 18.0. The topological polar surface area (TPSA) is 61.4 Å². The van der Waals surface area contributed by atoms with Crippen LogP contribution >= 0.6 is 0 Å². The molecular weight excluding hydrogens is 300 g/mol. The standard InChI is InChI=1S/C20H26N2O2/c1-2-18(15-23)22-20(24)21-14-13-19(16-9-5-3-6-10-16)17-11-7-4-8-12-17/h3-12,18-19,23H,2,13-15H2,1H3,(H2,21,22,24). The maximum Gasteiger partial charge on any atom is 0.315 e. The summed E-state index contributed by atoms with van der Waals surface area (Å²) in [6, 6.07) is 20.3. The summed E-state index contributed by atoms with van der Waals surface area (Å²) in [6.45, 7) is 2.46. The van der Waals surface area contributed by atoms with Crippen LogP contribution < -0.4 is 10.6 Å². The van der Waals surface area contributed by atoms with Crippen molar-refractivity contribution >= 4 is 6.03 Å². The number of hydrogen-bond acceptors (Lipinski definition) is 2. The molecule has 24 heavy (non-hydrogen) atoms. The molecule has 0 aromatic heterocycles. The van der Waals surface area contributed by atoms with E-state index in [0.717, 1.165) is 6.42 Å². The Balaban J connectivity index is 1.96. The van der Waals surface area contributed by atoms with E-state index in [2.05, 4.69) is 34.9 Å². The number of carbonyl (C=O) groups excluding carboxylic acids is 1. The second-order valence-electron chi connectivity index (χ2n) is 5.85. The maximum absolute atomic E-state index is 11.9. The van der Waals surface area contributed by atoms with Crippen LogP contribution in [0.5, 0.6) is 0 Å². The fourth-order valence-electron chi connectivity index (χ4n) is 2.74. The summed E-state index contributed by atoms with van der Waals surface area (Å²) < 4.78 is 0. The van der Waals surface area contributed by atoms with Gasteiger partial charge in [-0.3, -0.25) is 0 Å². The molecule has 0 aliphatic rings. The quantitative estimate of drug-likeness (QED) is 0.697. The van der Waals surface area contributed by atoms with Crippen LogP contribution in [0.25, 0.3) is 0 Å². The van der Waals surface area contributed by atoms with E-state index in [4.69, 9.17) is 5.11 Å². The number of hydrogen-bond donors (Lipinski definition) is 3. The molecule has 4 nitrogen and oxygen atoms in total. The maximum atomic E-state index is 11.9. The second-order valence-corrected chi connectivity index (χ2v) is 5.85. The van der Waals surface area contributed by atoms with E-state index in [0.29, 0.717) is 13.0 Å². The molecule has 2 rings (SSSR count). The highest BCUT2D eigenvalue weighted by Gasteiger charge is 2.14. The van der Waals surface area contributed by atoms with Gasteiger partial charge in [0.05, 0.1) is 12.6 Å². The smallest absolute Gasteiger partial charge is 0.315 e. The van der Waals surface area contributed by atoms with E-state index in [9.17, 15) is 4.79 Å². The Bertz CT molecular complexity index is 558. The van der Waals surface area contributed by atoms with Crippen molar-refractivity contribution in [3.8, 4) is 0 Å². The third-order valence-corrected chi connectivity index (χ3v) is 4.17. The highest BCUT2D eigenvalue weighted by Crippen LogP contribution is 2.27. The van der Waals surface area contributed by atoms with Crippen molar-refractivity contribution in [2.24, 2.45) is 0 Å². The van der Waals surface area contributed by atoms with Gasteiger partial charge in [0.1, 0.15) is 0 Å². The minimum atomic E-state index is -0.226. The van der Waals surface area contributed by atoms with Crippen LogP contribution in [0.1, 0.15) is 36.8 Å². The first-order chi connectivity index (χ1) is 11.7. The van der Waals surface area contributed by atoms with Crippen molar-refractivity contribution in [1.82, 2.24) is 10.6 Å². The molecule has 2 aromatic carbocycles. The molecule has 0 radical (unpaired) electrons. The van der Waals surface area contributed by atoms with E-state index >= 15 is 0 Å². The zero-order valence-electron chi connectivity index (χ0n) is 14.1. The molecule has 0 spiro atoms. The Morgan fingerprint density at radius 2 is 1.54 bits per heavy atom. The Morgan fingerprint density at radius 1 is 1.00 bits per heavy atom. The molecule has 1 atom stereocenters. The van der Waals surface area contributed by atoms with Gasteiger partial charge in [0, 0.05) is 12.5 Å². The summed E-state index contributed by atoms with van der Waals surface area (Å²) in [7, 11) is 0. The van der Waals surface area contributed by atoms with Crippen LogP contribution in [0, 0.1) is 0 Å². The average molecular weight is 326 g/mol. The molecule has 0 aliphatic carbocycles. The van der Waals surface area contributed by atoms with Crippen molar-refractivity contribution in [3.63, 3.8) is 0 Å². The molecule has 3 N–H and O–H groups in total. The minimum Gasteiger partial charge on any atom is -0.394 e. The minimum absolute atomic E-state index is 0.0411. The molecule has 0 bridgehead atoms. The predicted octanol–water partition coefficient (Wildman–Crippen LogP) is 3.28. The molecule has 0 fully saturated rings. The number of aliphatic hydroxyl groups excluding tert-OH is 1. The van der Waals surface area contributed by atoms with Crippen LogP contribution in [0.15, 0.2) is 60.7 Å². The highest BCUT2D eigenvalue weighted by atomic mass is 16.3. The number of benzene rings is 2. The summed E-state index contributed by atoms with van der Waals surface area (Å²) in [5, 5.41) is 14.8. The van der Waals surface area contributed by atoms with Gasteiger partial charge in [0.2, 0.25) is 0 Å². The molecule has 0 saturated heterocycles. The lowest BCUT2D eigenvalue weighted by atomic mass is 9.88. The van der Waals surface area contributed by atoms with E-state index in [1.165, 1.54) is 11.1 Å². The van der Waals surface area contributed by atoms with Crippen molar-refractivity contribution < 1.29 is 9.90 Å². The molecule has 4 heteroatoms. The Kier molecular flexibility index (Phi) is 7.30. The lowest BCUT2D eigenvalue weighted by molar-refractivity contribution is 0.214. The molecule has 2 aromatic rings. The number of amides is 2. The van der Waals surface area contributed by atoms with Gasteiger partial charge in [-0.2, -0.15) is 0 Å². The zero-order valence-corrected chi connectivity index (χ0v) is 14.1. The van der Waals surface area contributed by atoms with Crippen LogP contribution in [0.3, 0.4) is 0 Å². The van der Waals surface area contributed by atoms with Crippen LogP contribution in [0.4, 0.5) is 4.79 Å². The Hall–Kier alpha value is -2.33. The predicted molar refractivity (Wildman–Crippen MR) is 97.0 cm³/mol. The number of urea groups is 1. The summed E-state index contributed by atoms with van der Waals surface area (Å²) >= 11 is 0. The molecule has 0 saturated carbocycles. The zero-order chi connectivity index (χ0) is 17.2. The highest BCUT2D eigenvalue weighted by molar-refractivity contribution is 5.74. The second kappa shape index (κ2) is 9.73. The summed E-state index contributed by atoms with van der Waals surface area (Å²) in [6.07, 6.45) is 1.53. The van der Waals surface area contributed by atoms with Gasteiger partial charge >= 0.3 is 6.03 Å². The average Bonchev–Trinajstić information content (AvgIpc) is 2.64. The number of nitrogens with one attached hydrogen (secondary N) is 2. The lowest BCUT2D eigenvalue weighted by Crippen LogP contribution is -2.43. The molecular formula is C20H26N2O2. The normalized spacial score (nSPS) is 12.0. The summed E-state index contributed by atoms with van der Waals surface area (Å²) in [4.78, 5) is 11.9. The van der Waals surface area contributed by atoms with Gasteiger partial charge in [-0.15, -0.1) is 0 Å². The van der Waals surface area contributed by atoms with Crippen molar-refractivity contribution in [2.75, 3.05) is 13.2 Å². The van der Waals surface area contributed by atoms with Gasteiger partial charge in [-0.25, -0.2) is 4.79 Å². The number of carbonyl (C=O) groups is 1. The van der Waals surface area contributed by atoms with E-state index in [-0.39, 0.29) is 24.6 Å². The molecule has 0 aliphatic heterocycles. The van der Waals surface area contributed by atoms with Crippen molar-refractivity contribution in [2.45, 2.75) is 31.7 Å². The van der Waals surface area contributed by atoms with Crippen molar-refractivity contribution in [3.05, 3.63) is 71.8 Å². The van der Waals surface area contributed by atoms with Gasteiger partial charge < -0.3 is 15.7 Å². The van der Waals surface area contributed by atoms with Gasteiger partial charge in [-0.05, 0) is 24.0 Å². The van der Waals surface area contributed by atoms with E-state index < -0.39 is 0 Å². The van der Waals surface area contributed by atoms with Crippen LogP contribution in [0.2, 0.25) is 0 Å². The third-order valence-electron chi connectivity index (χ3n) is 4.17. The van der Waals surface area contributed by atoms with Crippen LogP contribution in [-0.2, 0) is 0 Å². The van der Waals surface area contributed by atoms with Crippen molar-refractivity contribution in [1.29, 1.82) is 0 Å². The van der Waals surface area contributed by atoms with Crippen LogP contribution in [-0.4, -0.2) is 30.3 Å². The first-order valence-electron chi connectivity index (χ1n) is 8.49.